The van der Waals surface area contributed by atoms with Gasteiger partial charge in [-0.1, -0.05) is 78.5 Å². The fourth-order valence-electron chi connectivity index (χ4n) is 4.93. The Bertz CT molecular complexity index is 1850. The second-order valence-electron chi connectivity index (χ2n) is 9.23. The number of hydrogen-bond acceptors (Lipinski definition) is 5. The molecule has 6 rings (SSSR count). The minimum atomic E-state index is -0.136. The van der Waals surface area contributed by atoms with Gasteiger partial charge in [-0.2, -0.15) is 0 Å². The molecule has 192 valence electrons. The van der Waals surface area contributed by atoms with Crippen LogP contribution in [0.3, 0.4) is 0 Å². The number of Topliss-reactive ketones (excluding diaryl/α,β-unsaturated/α-hetero) is 1. The molecule has 3 heterocycles. The molecular weight excluding hydrogens is 523 g/mol. The molecule has 0 spiro atoms. The number of para-hydroxylation sites is 2. The van der Waals surface area contributed by atoms with Crippen LogP contribution in [0.4, 0.5) is 0 Å². The van der Waals surface area contributed by atoms with Crippen LogP contribution in [-0.2, 0) is 0 Å². The summed E-state index contributed by atoms with van der Waals surface area (Å²) in [7, 11) is 0. The van der Waals surface area contributed by atoms with Gasteiger partial charge >= 0.3 is 0 Å². The summed E-state index contributed by atoms with van der Waals surface area (Å²) in [5, 5.41) is 3.09. The minimum Gasteiger partial charge on any atom is -0.318 e. The summed E-state index contributed by atoms with van der Waals surface area (Å²) in [6.45, 7) is 3.98. The van der Waals surface area contributed by atoms with Crippen molar-refractivity contribution in [1.29, 1.82) is 0 Å². The number of aryl methyl sites for hydroxylation is 1. The van der Waals surface area contributed by atoms with Gasteiger partial charge < -0.3 is 4.57 Å². The zero-order chi connectivity index (χ0) is 26.9. The predicted octanol–water partition coefficient (Wildman–Crippen LogP) is 7.50. The van der Waals surface area contributed by atoms with Gasteiger partial charge in [-0.25, -0.2) is 4.98 Å². The maximum Gasteiger partial charge on any atom is 0.268 e. The monoisotopic (exact) mass is 547 g/mol. The largest absolute Gasteiger partial charge is 0.318 e. The standard InChI is InChI=1S/C32H25N3O2S2/c1-21-18-26(22(2)34(21)24-14-8-4-9-15-24)28(36)20-39-32-33-30-29(27(19-38-30)23-12-6-3-7-13-23)31(37)35(32)25-16-10-5-11-17-25/h3-19H,20H2,1-2H3. The van der Waals surface area contributed by atoms with E-state index in [9.17, 15) is 9.59 Å². The lowest BCUT2D eigenvalue weighted by atomic mass is 10.1. The number of thioether (sulfide) groups is 1. The summed E-state index contributed by atoms with van der Waals surface area (Å²) in [6.07, 6.45) is 0. The number of ketones is 1. The Labute approximate surface area is 234 Å². The molecule has 3 aromatic heterocycles. The van der Waals surface area contributed by atoms with Gasteiger partial charge in [0.15, 0.2) is 10.9 Å². The van der Waals surface area contributed by atoms with Crippen LogP contribution in [0.2, 0.25) is 0 Å². The van der Waals surface area contributed by atoms with Gasteiger partial charge in [0.05, 0.1) is 16.8 Å². The molecule has 0 amide bonds. The van der Waals surface area contributed by atoms with E-state index in [2.05, 4.69) is 4.57 Å². The molecule has 0 saturated carbocycles. The average Bonchev–Trinajstić information content (AvgIpc) is 3.53. The summed E-state index contributed by atoms with van der Waals surface area (Å²) in [5.74, 6) is 0.168. The lowest BCUT2D eigenvalue weighted by Crippen LogP contribution is -2.22. The van der Waals surface area contributed by atoms with Gasteiger partial charge in [-0.15, -0.1) is 11.3 Å². The molecular formula is C32H25N3O2S2. The average molecular weight is 548 g/mol. The van der Waals surface area contributed by atoms with Crippen LogP contribution in [0.1, 0.15) is 21.7 Å². The molecule has 0 radical (unpaired) electrons. The van der Waals surface area contributed by atoms with Crippen molar-refractivity contribution in [3.63, 3.8) is 0 Å². The van der Waals surface area contributed by atoms with Crippen molar-refractivity contribution >= 4 is 39.1 Å². The fraction of sp³-hybridized carbons (Fsp3) is 0.0938. The first kappa shape index (κ1) is 25.1. The van der Waals surface area contributed by atoms with Crippen LogP contribution in [0.5, 0.6) is 0 Å². The molecule has 3 aromatic carbocycles. The van der Waals surface area contributed by atoms with Crippen LogP contribution < -0.4 is 5.56 Å². The van der Waals surface area contributed by atoms with Crippen molar-refractivity contribution in [2.24, 2.45) is 0 Å². The molecule has 0 saturated heterocycles. The van der Waals surface area contributed by atoms with Crippen molar-refractivity contribution in [2.75, 3.05) is 5.75 Å². The summed E-state index contributed by atoms with van der Waals surface area (Å²) in [6, 6.07) is 31.4. The first-order valence-corrected chi connectivity index (χ1v) is 14.4. The van der Waals surface area contributed by atoms with E-state index in [0.717, 1.165) is 33.9 Å². The number of aromatic nitrogens is 3. The lowest BCUT2D eigenvalue weighted by molar-refractivity contribution is 0.102. The highest BCUT2D eigenvalue weighted by atomic mass is 32.2. The topological polar surface area (TPSA) is 56.9 Å². The third-order valence-electron chi connectivity index (χ3n) is 6.75. The van der Waals surface area contributed by atoms with Gasteiger partial charge in [-0.3, -0.25) is 14.2 Å². The molecule has 6 aromatic rings. The van der Waals surface area contributed by atoms with Crippen molar-refractivity contribution in [2.45, 2.75) is 19.0 Å². The number of fused-ring (bicyclic) bond motifs is 1. The van der Waals surface area contributed by atoms with E-state index in [1.807, 2.05) is 116 Å². The maximum absolute atomic E-state index is 14.0. The summed E-state index contributed by atoms with van der Waals surface area (Å²) >= 11 is 2.75. The number of carbonyl (C=O) groups is 1. The van der Waals surface area contributed by atoms with Crippen LogP contribution in [-0.4, -0.2) is 25.7 Å². The highest BCUT2D eigenvalue weighted by molar-refractivity contribution is 7.99. The third-order valence-corrected chi connectivity index (χ3v) is 8.57. The molecule has 0 bridgehead atoms. The molecule has 0 atom stereocenters. The Morgan fingerprint density at radius 3 is 2.08 bits per heavy atom. The number of benzene rings is 3. The second kappa shape index (κ2) is 10.5. The molecule has 39 heavy (non-hydrogen) atoms. The zero-order valence-corrected chi connectivity index (χ0v) is 23.1. The molecule has 0 aliphatic carbocycles. The van der Waals surface area contributed by atoms with E-state index in [1.165, 1.54) is 23.1 Å². The van der Waals surface area contributed by atoms with Crippen molar-refractivity contribution in [3.05, 3.63) is 130 Å². The van der Waals surface area contributed by atoms with Crippen LogP contribution in [0.15, 0.2) is 112 Å². The van der Waals surface area contributed by atoms with E-state index < -0.39 is 0 Å². The Kier molecular flexibility index (Phi) is 6.77. The van der Waals surface area contributed by atoms with Gasteiger partial charge in [0.1, 0.15) is 4.83 Å². The number of thiophene rings is 1. The van der Waals surface area contributed by atoms with E-state index >= 15 is 0 Å². The Morgan fingerprint density at radius 1 is 0.846 bits per heavy atom. The number of carbonyl (C=O) groups excluding carboxylic acids is 1. The summed E-state index contributed by atoms with van der Waals surface area (Å²) in [4.78, 5) is 33.1. The predicted molar refractivity (Wildman–Crippen MR) is 161 cm³/mol. The number of rotatable bonds is 7. The van der Waals surface area contributed by atoms with Crippen molar-refractivity contribution < 1.29 is 4.79 Å². The Hall–Kier alpha value is -4.20. The highest BCUT2D eigenvalue weighted by Gasteiger charge is 2.21. The smallest absolute Gasteiger partial charge is 0.268 e. The molecule has 7 heteroatoms. The van der Waals surface area contributed by atoms with E-state index in [0.29, 0.717) is 20.9 Å². The molecule has 0 aliphatic rings. The summed E-state index contributed by atoms with van der Waals surface area (Å²) in [5.41, 5.74) is 6.05. The minimum absolute atomic E-state index is 0.000364. The van der Waals surface area contributed by atoms with E-state index in [-0.39, 0.29) is 17.1 Å². The maximum atomic E-state index is 14.0. The van der Waals surface area contributed by atoms with Gasteiger partial charge in [-0.05, 0) is 49.7 Å². The Balaban J connectivity index is 1.39. The summed E-state index contributed by atoms with van der Waals surface area (Å²) < 4.78 is 3.73. The number of nitrogens with zero attached hydrogens (tertiary/aromatic N) is 3. The fourth-order valence-corrected chi connectivity index (χ4v) is 6.82. The normalized spacial score (nSPS) is 11.2. The van der Waals surface area contributed by atoms with Crippen LogP contribution in [0, 0.1) is 13.8 Å². The van der Waals surface area contributed by atoms with E-state index in [4.69, 9.17) is 4.98 Å². The third kappa shape index (κ3) is 4.64. The second-order valence-corrected chi connectivity index (χ2v) is 11.0. The lowest BCUT2D eigenvalue weighted by Gasteiger charge is -2.13. The van der Waals surface area contributed by atoms with E-state index in [1.54, 1.807) is 4.57 Å². The van der Waals surface area contributed by atoms with Gasteiger partial charge in [0.25, 0.3) is 5.56 Å². The van der Waals surface area contributed by atoms with Crippen LogP contribution in [0.25, 0.3) is 32.7 Å². The highest BCUT2D eigenvalue weighted by Crippen LogP contribution is 2.33. The molecule has 5 nitrogen and oxygen atoms in total. The molecule has 0 fully saturated rings. The first-order chi connectivity index (χ1) is 19.0. The zero-order valence-electron chi connectivity index (χ0n) is 21.5. The number of hydrogen-bond donors (Lipinski definition) is 0. The van der Waals surface area contributed by atoms with Crippen molar-refractivity contribution in [3.8, 4) is 22.5 Å². The van der Waals surface area contributed by atoms with Gasteiger partial charge in [0.2, 0.25) is 0 Å². The van der Waals surface area contributed by atoms with Crippen LogP contribution >= 0.6 is 23.1 Å². The molecule has 0 aliphatic heterocycles. The SMILES string of the molecule is Cc1cc(C(=O)CSc2nc3scc(-c4ccccc4)c3c(=O)n2-c2ccccc2)c(C)n1-c1ccccc1. The quantitative estimate of drug-likeness (QED) is 0.118. The Morgan fingerprint density at radius 2 is 1.44 bits per heavy atom. The van der Waals surface area contributed by atoms with Gasteiger partial charge in [0, 0.05) is 33.6 Å². The van der Waals surface area contributed by atoms with Crippen molar-refractivity contribution in [1.82, 2.24) is 14.1 Å². The molecule has 0 unspecified atom stereocenters. The molecule has 0 N–H and O–H groups in total. The first-order valence-electron chi connectivity index (χ1n) is 12.6.